The number of benzene rings is 1. The summed E-state index contributed by atoms with van der Waals surface area (Å²) >= 11 is 12.1. The SMILES string of the molecule is C=C(Cl)/C(Cl)=C\C(=C/C)[C@H]1CC(CNC)Cc2ccccc21. The van der Waals surface area contributed by atoms with Crippen LogP contribution in [0.1, 0.15) is 30.4 Å². The van der Waals surface area contributed by atoms with Crippen LogP contribution in [0.15, 0.2) is 58.6 Å². The largest absolute Gasteiger partial charge is 0.319 e. The highest BCUT2D eigenvalue weighted by Gasteiger charge is 2.28. The van der Waals surface area contributed by atoms with E-state index in [2.05, 4.69) is 49.2 Å². The Kier molecular flexibility index (Phi) is 6.31. The van der Waals surface area contributed by atoms with Crippen LogP contribution in [0.5, 0.6) is 0 Å². The first-order valence-electron chi connectivity index (χ1n) is 7.67. The first-order valence-corrected chi connectivity index (χ1v) is 8.43. The van der Waals surface area contributed by atoms with Crippen molar-refractivity contribution in [3.63, 3.8) is 0 Å². The maximum atomic E-state index is 6.21. The lowest BCUT2D eigenvalue weighted by Crippen LogP contribution is -2.27. The number of rotatable bonds is 5. The fourth-order valence-electron chi connectivity index (χ4n) is 3.28. The van der Waals surface area contributed by atoms with Crippen molar-refractivity contribution in [2.75, 3.05) is 13.6 Å². The summed E-state index contributed by atoms with van der Waals surface area (Å²) < 4.78 is 0. The van der Waals surface area contributed by atoms with Crippen molar-refractivity contribution < 1.29 is 0 Å². The van der Waals surface area contributed by atoms with Gasteiger partial charge in [-0.05, 0) is 62.1 Å². The Morgan fingerprint density at radius 3 is 2.73 bits per heavy atom. The molecule has 1 aliphatic carbocycles. The molecule has 1 unspecified atom stereocenters. The molecule has 0 amide bonds. The summed E-state index contributed by atoms with van der Waals surface area (Å²) in [6.45, 7) is 6.79. The Hall–Kier alpha value is -1.02. The molecule has 0 bridgehead atoms. The van der Waals surface area contributed by atoms with Gasteiger partial charge in [-0.15, -0.1) is 0 Å². The van der Waals surface area contributed by atoms with E-state index in [1.807, 2.05) is 13.1 Å². The van der Waals surface area contributed by atoms with Crippen LogP contribution in [0.4, 0.5) is 0 Å². The standard InChI is InChI=1S/C19H23Cl2N/c1-4-15(11-19(21)13(2)20)18-10-14(12-22-3)9-16-7-5-6-8-17(16)18/h4-8,11,14,18,22H,2,9-10,12H2,1,3H3/b15-4+,19-11+/t14?,18-/m1/s1. The molecule has 1 N–H and O–H groups in total. The highest BCUT2D eigenvalue weighted by molar-refractivity contribution is 6.43. The first kappa shape index (κ1) is 17.3. The highest BCUT2D eigenvalue weighted by Crippen LogP contribution is 2.40. The third kappa shape index (κ3) is 4.04. The topological polar surface area (TPSA) is 12.0 Å². The van der Waals surface area contributed by atoms with Gasteiger partial charge in [-0.25, -0.2) is 0 Å². The van der Waals surface area contributed by atoms with Crippen LogP contribution in [0.3, 0.4) is 0 Å². The second-order valence-corrected chi connectivity index (χ2v) is 6.66. The van der Waals surface area contributed by atoms with Gasteiger partial charge in [-0.3, -0.25) is 0 Å². The van der Waals surface area contributed by atoms with Crippen LogP contribution < -0.4 is 5.32 Å². The summed E-state index contributed by atoms with van der Waals surface area (Å²) in [4.78, 5) is 0. The fourth-order valence-corrected chi connectivity index (χ4v) is 3.46. The van der Waals surface area contributed by atoms with E-state index in [0.29, 0.717) is 21.9 Å². The fraction of sp³-hybridized carbons (Fsp3) is 0.368. The van der Waals surface area contributed by atoms with Crippen molar-refractivity contribution in [3.8, 4) is 0 Å². The molecule has 118 valence electrons. The minimum absolute atomic E-state index is 0.359. The number of fused-ring (bicyclic) bond motifs is 1. The zero-order valence-electron chi connectivity index (χ0n) is 13.2. The highest BCUT2D eigenvalue weighted by atomic mass is 35.5. The molecule has 2 rings (SSSR count). The Morgan fingerprint density at radius 1 is 1.36 bits per heavy atom. The smallest absolute Gasteiger partial charge is 0.0589 e. The second-order valence-electron chi connectivity index (χ2n) is 5.80. The Labute approximate surface area is 143 Å². The van der Waals surface area contributed by atoms with Crippen LogP contribution >= 0.6 is 23.2 Å². The Bertz CT molecular complexity index is 601. The van der Waals surface area contributed by atoms with Crippen LogP contribution in [-0.4, -0.2) is 13.6 Å². The second kappa shape index (κ2) is 8.01. The number of halogens is 2. The van der Waals surface area contributed by atoms with Crippen molar-refractivity contribution in [1.82, 2.24) is 5.32 Å². The van der Waals surface area contributed by atoms with Gasteiger partial charge in [0.1, 0.15) is 0 Å². The van der Waals surface area contributed by atoms with Crippen LogP contribution in [-0.2, 0) is 6.42 Å². The Morgan fingerprint density at radius 2 is 2.09 bits per heavy atom. The zero-order valence-corrected chi connectivity index (χ0v) is 14.7. The molecule has 2 atom stereocenters. The number of allylic oxidation sites excluding steroid dienone is 5. The lowest BCUT2D eigenvalue weighted by Gasteiger charge is -2.32. The van der Waals surface area contributed by atoms with Gasteiger partial charge in [0.25, 0.3) is 0 Å². The predicted octanol–water partition coefficient (Wildman–Crippen LogP) is 5.37. The molecule has 0 heterocycles. The van der Waals surface area contributed by atoms with Gasteiger partial charge < -0.3 is 5.32 Å². The quantitative estimate of drug-likeness (QED) is 0.713. The number of hydrogen-bond donors (Lipinski definition) is 1. The molecule has 0 fully saturated rings. The average molecular weight is 336 g/mol. The summed E-state index contributed by atoms with van der Waals surface area (Å²) in [5.74, 6) is 0.990. The molecule has 22 heavy (non-hydrogen) atoms. The molecule has 1 nitrogen and oxygen atoms in total. The third-order valence-corrected chi connectivity index (χ3v) is 4.93. The minimum Gasteiger partial charge on any atom is -0.319 e. The monoisotopic (exact) mass is 335 g/mol. The molecule has 1 aromatic rings. The zero-order chi connectivity index (χ0) is 16.1. The molecule has 0 saturated carbocycles. The molecule has 0 spiro atoms. The van der Waals surface area contributed by atoms with Gasteiger partial charge in [0, 0.05) is 5.92 Å². The van der Waals surface area contributed by atoms with E-state index in [4.69, 9.17) is 23.2 Å². The number of hydrogen-bond acceptors (Lipinski definition) is 1. The third-order valence-electron chi connectivity index (χ3n) is 4.29. The van der Waals surface area contributed by atoms with Crippen LogP contribution in [0, 0.1) is 5.92 Å². The van der Waals surface area contributed by atoms with Crippen molar-refractivity contribution >= 4 is 23.2 Å². The molecular weight excluding hydrogens is 313 g/mol. The van der Waals surface area contributed by atoms with E-state index in [1.54, 1.807) is 0 Å². The van der Waals surface area contributed by atoms with E-state index in [-0.39, 0.29) is 0 Å². The average Bonchev–Trinajstić information content (AvgIpc) is 2.52. The van der Waals surface area contributed by atoms with Crippen molar-refractivity contribution in [1.29, 1.82) is 0 Å². The predicted molar refractivity (Wildman–Crippen MR) is 97.6 cm³/mol. The summed E-state index contributed by atoms with van der Waals surface area (Å²) in [7, 11) is 2.01. The molecular formula is C19H23Cl2N. The van der Waals surface area contributed by atoms with Crippen molar-refractivity contribution in [3.05, 3.63) is 69.8 Å². The summed E-state index contributed by atoms with van der Waals surface area (Å²) in [6, 6.07) is 8.71. The normalized spacial score (nSPS) is 22.4. The lowest BCUT2D eigenvalue weighted by atomic mass is 9.73. The molecule has 0 saturated heterocycles. The van der Waals surface area contributed by atoms with Gasteiger partial charge in [0.05, 0.1) is 10.1 Å². The lowest BCUT2D eigenvalue weighted by molar-refractivity contribution is 0.413. The summed E-state index contributed by atoms with van der Waals surface area (Å²) in [6.07, 6.45) is 6.34. The minimum atomic E-state index is 0.359. The van der Waals surface area contributed by atoms with Crippen molar-refractivity contribution in [2.24, 2.45) is 5.92 Å². The van der Waals surface area contributed by atoms with E-state index in [9.17, 15) is 0 Å². The number of nitrogens with one attached hydrogen (secondary N) is 1. The van der Waals surface area contributed by atoms with E-state index >= 15 is 0 Å². The molecule has 0 aromatic heterocycles. The van der Waals surface area contributed by atoms with E-state index in [1.165, 1.54) is 16.7 Å². The van der Waals surface area contributed by atoms with Gasteiger partial charge in [0.15, 0.2) is 0 Å². The Balaban J connectivity index is 2.39. The van der Waals surface area contributed by atoms with Crippen LogP contribution in [0.25, 0.3) is 0 Å². The molecule has 3 heteroatoms. The van der Waals surface area contributed by atoms with Crippen molar-refractivity contribution in [2.45, 2.75) is 25.7 Å². The van der Waals surface area contributed by atoms with Crippen LogP contribution in [0.2, 0.25) is 0 Å². The van der Waals surface area contributed by atoms with Gasteiger partial charge in [0.2, 0.25) is 0 Å². The maximum absolute atomic E-state index is 6.21. The van der Waals surface area contributed by atoms with Gasteiger partial charge in [-0.1, -0.05) is 60.1 Å². The molecule has 1 aliphatic rings. The summed E-state index contributed by atoms with van der Waals surface area (Å²) in [5, 5.41) is 4.21. The summed E-state index contributed by atoms with van der Waals surface area (Å²) in [5.41, 5.74) is 4.05. The molecule has 1 aromatic carbocycles. The van der Waals surface area contributed by atoms with Gasteiger partial charge >= 0.3 is 0 Å². The van der Waals surface area contributed by atoms with E-state index in [0.717, 1.165) is 19.4 Å². The van der Waals surface area contributed by atoms with Gasteiger partial charge in [-0.2, -0.15) is 0 Å². The first-order chi connectivity index (χ1) is 10.6. The van der Waals surface area contributed by atoms with E-state index < -0.39 is 0 Å². The molecule has 0 radical (unpaired) electrons. The maximum Gasteiger partial charge on any atom is 0.0589 e. The molecule has 0 aliphatic heterocycles.